The predicted molar refractivity (Wildman–Crippen MR) is 91.7 cm³/mol. The van der Waals surface area contributed by atoms with Crippen molar-refractivity contribution in [3.05, 3.63) is 43.2 Å². The van der Waals surface area contributed by atoms with E-state index in [2.05, 4.69) is 27.7 Å². The minimum atomic E-state index is -0.467. The Morgan fingerprint density at radius 3 is 2.57 bits per heavy atom. The van der Waals surface area contributed by atoms with Crippen LogP contribution in [0.25, 0.3) is 5.69 Å². The van der Waals surface area contributed by atoms with E-state index in [0.717, 1.165) is 9.26 Å². The highest BCUT2D eigenvalue weighted by Crippen LogP contribution is 2.31. The molecular weight excluding hydrogens is 426 g/mol. The largest absolute Gasteiger partial charge is 0.464 e. The Kier molecular flexibility index (Phi) is 5.16. The number of benzene rings is 1. The number of halogens is 3. The van der Waals surface area contributed by atoms with Gasteiger partial charge < -0.3 is 4.74 Å². The summed E-state index contributed by atoms with van der Waals surface area (Å²) in [7, 11) is 1.34. The standard InChI is InChI=1S/C14H13Cl2IN2O2/c1-7(2)13-11(17)12(14(20)21-3)18-19(13)10-5-4-8(15)6-9(10)16/h4-7H,1-3H3. The molecule has 4 nitrogen and oxygen atoms in total. The van der Waals surface area contributed by atoms with E-state index in [-0.39, 0.29) is 11.6 Å². The van der Waals surface area contributed by atoms with Crippen LogP contribution in [0.5, 0.6) is 0 Å². The average Bonchev–Trinajstić information content (AvgIpc) is 2.75. The van der Waals surface area contributed by atoms with E-state index in [1.807, 2.05) is 13.8 Å². The molecule has 0 N–H and O–H groups in total. The second-order valence-electron chi connectivity index (χ2n) is 4.70. The second kappa shape index (κ2) is 6.54. The van der Waals surface area contributed by atoms with Crippen molar-refractivity contribution >= 4 is 51.8 Å². The van der Waals surface area contributed by atoms with Crippen LogP contribution in [-0.4, -0.2) is 22.9 Å². The third-order valence-corrected chi connectivity index (χ3v) is 4.53. The Hall–Kier alpha value is -0.790. The van der Waals surface area contributed by atoms with Gasteiger partial charge in [0.1, 0.15) is 0 Å². The highest BCUT2D eigenvalue weighted by Gasteiger charge is 2.25. The van der Waals surface area contributed by atoms with Crippen LogP contribution >= 0.6 is 45.8 Å². The smallest absolute Gasteiger partial charge is 0.359 e. The van der Waals surface area contributed by atoms with Crippen LogP contribution in [0.15, 0.2) is 18.2 Å². The number of rotatable bonds is 3. The van der Waals surface area contributed by atoms with Gasteiger partial charge in [-0.2, -0.15) is 5.10 Å². The Morgan fingerprint density at radius 1 is 1.38 bits per heavy atom. The number of ether oxygens (including phenoxy) is 1. The summed E-state index contributed by atoms with van der Waals surface area (Å²) in [6.07, 6.45) is 0. The van der Waals surface area contributed by atoms with Gasteiger partial charge in [-0.3, -0.25) is 0 Å². The molecule has 1 aromatic carbocycles. The van der Waals surface area contributed by atoms with E-state index < -0.39 is 5.97 Å². The van der Waals surface area contributed by atoms with E-state index in [1.54, 1.807) is 22.9 Å². The number of aromatic nitrogens is 2. The molecular formula is C14H13Cl2IN2O2. The molecule has 0 radical (unpaired) electrons. The van der Waals surface area contributed by atoms with E-state index >= 15 is 0 Å². The van der Waals surface area contributed by atoms with Gasteiger partial charge in [0.05, 0.1) is 27.1 Å². The molecule has 0 spiro atoms. The number of carbonyl (C=O) groups is 1. The van der Waals surface area contributed by atoms with Gasteiger partial charge in [0.25, 0.3) is 0 Å². The summed E-state index contributed by atoms with van der Waals surface area (Å²) in [5.41, 5.74) is 1.87. The summed E-state index contributed by atoms with van der Waals surface area (Å²) in [5, 5.41) is 5.39. The zero-order valence-corrected chi connectivity index (χ0v) is 15.3. The molecule has 2 rings (SSSR count). The van der Waals surface area contributed by atoms with Gasteiger partial charge in [-0.15, -0.1) is 0 Å². The third-order valence-electron chi connectivity index (χ3n) is 2.92. The fraction of sp³-hybridized carbons (Fsp3) is 0.286. The van der Waals surface area contributed by atoms with Gasteiger partial charge in [0, 0.05) is 5.02 Å². The molecule has 1 heterocycles. The molecule has 112 valence electrons. The predicted octanol–water partition coefficient (Wildman–Crippen LogP) is 4.69. The topological polar surface area (TPSA) is 44.1 Å². The number of methoxy groups -OCH3 is 1. The molecule has 21 heavy (non-hydrogen) atoms. The molecule has 7 heteroatoms. The lowest BCUT2D eigenvalue weighted by atomic mass is 10.1. The number of hydrogen-bond acceptors (Lipinski definition) is 3. The molecule has 0 fully saturated rings. The van der Waals surface area contributed by atoms with Gasteiger partial charge in [0.2, 0.25) is 0 Å². The molecule has 1 aromatic heterocycles. The van der Waals surface area contributed by atoms with Crippen molar-refractivity contribution in [2.45, 2.75) is 19.8 Å². The van der Waals surface area contributed by atoms with Crippen LogP contribution in [0.1, 0.15) is 35.9 Å². The summed E-state index contributed by atoms with van der Waals surface area (Å²) >= 11 is 14.3. The maximum absolute atomic E-state index is 11.8. The lowest BCUT2D eigenvalue weighted by Crippen LogP contribution is -2.06. The zero-order chi connectivity index (χ0) is 15.7. The molecule has 0 unspecified atom stereocenters. The van der Waals surface area contributed by atoms with Crippen LogP contribution in [0, 0.1) is 3.57 Å². The molecule has 0 saturated heterocycles. The van der Waals surface area contributed by atoms with Gasteiger partial charge in [-0.05, 0) is 46.7 Å². The number of esters is 1. The number of nitrogens with zero attached hydrogens (tertiary/aromatic N) is 2. The van der Waals surface area contributed by atoms with Crippen molar-refractivity contribution in [3.63, 3.8) is 0 Å². The van der Waals surface area contributed by atoms with Crippen molar-refractivity contribution in [1.82, 2.24) is 9.78 Å². The summed E-state index contributed by atoms with van der Waals surface area (Å²) < 4.78 is 7.22. The van der Waals surface area contributed by atoms with Crippen LogP contribution in [-0.2, 0) is 4.74 Å². The van der Waals surface area contributed by atoms with E-state index in [0.29, 0.717) is 15.7 Å². The summed E-state index contributed by atoms with van der Waals surface area (Å²) in [4.78, 5) is 11.8. The Balaban J connectivity index is 2.70. The Bertz CT molecular complexity index is 699. The maximum atomic E-state index is 11.8. The molecule has 0 aliphatic rings. The van der Waals surface area contributed by atoms with Crippen molar-refractivity contribution < 1.29 is 9.53 Å². The van der Waals surface area contributed by atoms with Crippen LogP contribution < -0.4 is 0 Å². The Labute approximate surface area is 146 Å². The molecule has 0 aliphatic carbocycles. The maximum Gasteiger partial charge on any atom is 0.359 e. The molecule has 0 saturated carbocycles. The zero-order valence-electron chi connectivity index (χ0n) is 11.7. The molecule has 2 aromatic rings. The van der Waals surface area contributed by atoms with Crippen molar-refractivity contribution in [3.8, 4) is 5.69 Å². The van der Waals surface area contributed by atoms with Gasteiger partial charge in [0.15, 0.2) is 5.69 Å². The summed E-state index contributed by atoms with van der Waals surface area (Å²) in [6.45, 7) is 4.06. The second-order valence-corrected chi connectivity index (χ2v) is 6.62. The first-order valence-electron chi connectivity index (χ1n) is 6.19. The highest BCUT2D eigenvalue weighted by molar-refractivity contribution is 14.1. The minimum Gasteiger partial charge on any atom is -0.464 e. The fourth-order valence-electron chi connectivity index (χ4n) is 1.97. The van der Waals surface area contributed by atoms with Crippen LogP contribution in [0.2, 0.25) is 10.0 Å². The van der Waals surface area contributed by atoms with Crippen LogP contribution in [0.3, 0.4) is 0 Å². The fourth-order valence-corrected chi connectivity index (χ4v) is 3.64. The Morgan fingerprint density at radius 2 is 2.05 bits per heavy atom. The van der Waals surface area contributed by atoms with Gasteiger partial charge in [-0.25, -0.2) is 9.48 Å². The third kappa shape index (κ3) is 3.19. The lowest BCUT2D eigenvalue weighted by Gasteiger charge is -2.12. The first-order chi connectivity index (χ1) is 9.86. The van der Waals surface area contributed by atoms with Crippen molar-refractivity contribution in [1.29, 1.82) is 0 Å². The molecule has 0 amide bonds. The normalized spacial score (nSPS) is 11.0. The molecule has 0 atom stereocenters. The minimum absolute atomic E-state index is 0.162. The average molecular weight is 439 g/mol. The number of carbonyl (C=O) groups excluding carboxylic acids is 1. The quantitative estimate of drug-likeness (QED) is 0.515. The number of hydrogen-bond donors (Lipinski definition) is 0. The lowest BCUT2D eigenvalue weighted by molar-refractivity contribution is 0.0592. The van der Waals surface area contributed by atoms with Crippen LogP contribution in [0.4, 0.5) is 0 Å². The first kappa shape index (κ1) is 16.6. The van der Waals surface area contributed by atoms with Crippen molar-refractivity contribution in [2.75, 3.05) is 7.11 Å². The van der Waals surface area contributed by atoms with E-state index in [1.165, 1.54) is 7.11 Å². The van der Waals surface area contributed by atoms with E-state index in [9.17, 15) is 4.79 Å². The molecule has 0 bridgehead atoms. The highest BCUT2D eigenvalue weighted by atomic mass is 127. The first-order valence-corrected chi connectivity index (χ1v) is 8.02. The molecule has 0 aliphatic heterocycles. The van der Waals surface area contributed by atoms with E-state index in [4.69, 9.17) is 27.9 Å². The monoisotopic (exact) mass is 438 g/mol. The van der Waals surface area contributed by atoms with Gasteiger partial charge >= 0.3 is 5.97 Å². The van der Waals surface area contributed by atoms with Crippen molar-refractivity contribution in [2.24, 2.45) is 0 Å². The SMILES string of the molecule is COC(=O)c1nn(-c2ccc(Cl)cc2Cl)c(C(C)C)c1I. The summed E-state index contributed by atoms with van der Waals surface area (Å²) in [5.74, 6) is -0.306. The van der Waals surface area contributed by atoms with Gasteiger partial charge in [-0.1, -0.05) is 37.0 Å². The summed E-state index contributed by atoms with van der Waals surface area (Å²) in [6, 6.07) is 5.16.